The predicted molar refractivity (Wildman–Crippen MR) is 123 cm³/mol. The van der Waals surface area contributed by atoms with Crippen LogP contribution in [0.5, 0.6) is 0 Å². The summed E-state index contributed by atoms with van der Waals surface area (Å²) in [4.78, 5) is 0. The van der Waals surface area contributed by atoms with E-state index in [1.165, 1.54) is 19.3 Å². The van der Waals surface area contributed by atoms with Crippen LogP contribution in [0.25, 0.3) is 0 Å². The Labute approximate surface area is 189 Å². The lowest BCUT2D eigenvalue weighted by Gasteiger charge is -2.58. The van der Waals surface area contributed by atoms with Gasteiger partial charge in [0.15, 0.2) is 5.79 Å². The first kappa shape index (κ1) is 22.4. The fraction of sp³-hybridized carbons (Fsp3) is 0.926. The fourth-order valence-corrected chi connectivity index (χ4v) is 9.19. The van der Waals surface area contributed by atoms with Crippen LogP contribution >= 0.6 is 0 Å². The summed E-state index contributed by atoms with van der Waals surface area (Å²) in [6.07, 6.45) is 12.0. The Kier molecular flexibility index (Phi) is 5.45. The molecule has 0 amide bonds. The third-order valence-corrected chi connectivity index (χ3v) is 11.2. The number of allylic oxidation sites excluding steroid dienone is 1. The van der Waals surface area contributed by atoms with Crippen LogP contribution in [0.2, 0.25) is 0 Å². The molecule has 176 valence electrons. The first-order valence-corrected chi connectivity index (χ1v) is 13.1. The van der Waals surface area contributed by atoms with E-state index in [2.05, 4.69) is 33.8 Å². The maximum atomic E-state index is 11.5. The van der Waals surface area contributed by atoms with E-state index in [4.69, 9.17) is 10.5 Å². The Morgan fingerprint density at radius 1 is 1.23 bits per heavy atom. The first-order valence-electron chi connectivity index (χ1n) is 13.1. The van der Waals surface area contributed by atoms with Gasteiger partial charge in [-0.05, 0) is 98.3 Å². The molecule has 5 rings (SSSR count). The zero-order chi connectivity index (χ0) is 22.2. The summed E-state index contributed by atoms with van der Waals surface area (Å²) in [7, 11) is 0. The van der Waals surface area contributed by atoms with Crippen molar-refractivity contribution in [3.63, 3.8) is 0 Å². The second-order valence-corrected chi connectivity index (χ2v) is 12.6. The molecule has 4 N–H and O–H groups in total. The summed E-state index contributed by atoms with van der Waals surface area (Å²) in [5, 5.41) is 21.7. The molecule has 4 nitrogen and oxygen atoms in total. The lowest BCUT2D eigenvalue weighted by molar-refractivity contribution is -0.220. The van der Waals surface area contributed by atoms with E-state index >= 15 is 0 Å². The highest BCUT2D eigenvalue weighted by Gasteiger charge is 2.67. The van der Waals surface area contributed by atoms with Gasteiger partial charge in [0.2, 0.25) is 0 Å². The van der Waals surface area contributed by atoms with Crippen LogP contribution < -0.4 is 5.73 Å². The molecule has 0 aromatic heterocycles. The molecule has 5 aliphatic rings. The Bertz CT molecular complexity index is 738. The first-order chi connectivity index (χ1) is 14.6. The zero-order valence-electron chi connectivity index (χ0n) is 20.1. The van der Waals surface area contributed by atoms with Gasteiger partial charge in [-0.15, -0.1) is 0 Å². The van der Waals surface area contributed by atoms with Gasteiger partial charge in [0.05, 0.1) is 12.2 Å². The van der Waals surface area contributed by atoms with Crippen molar-refractivity contribution in [1.29, 1.82) is 0 Å². The minimum Gasteiger partial charge on any atom is -0.393 e. The molecular formula is C27H45NO3. The topological polar surface area (TPSA) is 75.7 Å². The number of rotatable bonds is 4. The highest BCUT2D eigenvalue weighted by atomic mass is 16.6. The molecule has 4 heteroatoms. The van der Waals surface area contributed by atoms with E-state index in [-0.39, 0.29) is 29.0 Å². The van der Waals surface area contributed by atoms with Crippen LogP contribution in [-0.4, -0.2) is 34.8 Å². The van der Waals surface area contributed by atoms with E-state index in [1.807, 2.05) is 0 Å². The molecule has 1 saturated heterocycles. The van der Waals surface area contributed by atoms with Crippen LogP contribution in [0.4, 0.5) is 0 Å². The van der Waals surface area contributed by atoms with Crippen LogP contribution in [0.1, 0.15) is 85.5 Å². The summed E-state index contributed by atoms with van der Waals surface area (Å²) in [5.74, 6) is 2.27. The summed E-state index contributed by atoms with van der Waals surface area (Å²) in [5.41, 5.74) is 7.92. The molecular weight excluding hydrogens is 386 g/mol. The van der Waals surface area contributed by atoms with Gasteiger partial charge in [-0.25, -0.2) is 0 Å². The summed E-state index contributed by atoms with van der Waals surface area (Å²) in [6, 6.07) is 0. The molecule has 5 unspecified atom stereocenters. The summed E-state index contributed by atoms with van der Waals surface area (Å²) in [6.45, 7) is 10.1. The number of hydrogen-bond acceptors (Lipinski definition) is 4. The van der Waals surface area contributed by atoms with Crippen molar-refractivity contribution in [3.8, 4) is 0 Å². The standard InChI is InChI=1S/C27H45NO3/c1-16(15-28)7-12-27(30)17(2)24-23(31-27)14-22-20-6-5-18-13-19(29)8-10-25(18,3)21(20)9-11-26(22,24)4/h5,16-17,19-24,29-30H,6-15,28H2,1-4H3/t16?,17?,19-,20+,21-,22?,23-,24?,25-,26-,27?/m0/s1. The molecule has 4 fully saturated rings. The normalized spacial score (nSPS) is 54.4. The average Bonchev–Trinajstić information content (AvgIpc) is 3.17. The largest absolute Gasteiger partial charge is 0.393 e. The number of aliphatic hydroxyl groups is 2. The Balaban J connectivity index is 1.37. The van der Waals surface area contributed by atoms with Crippen molar-refractivity contribution in [2.75, 3.05) is 6.54 Å². The molecule has 3 saturated carbocycles. The maximum Gasteiger partial charge on any atom is 0.168 e. The van der Waals surface area contributed by atoms with Gasteiger partial charge >= 0.3 is 0 Å². The minimum atomic E-state index is -0.977. The van der Waals surface area contributed by atoms with E-state index in [0.717, 1.165) is 43.9 Å². The molecule has 0 bridgehead atoms. The lowest BCUT2D eigenvalue weighted by Crippen LogP contribution is -2.51. The maximum absolute atomic E-state index is 11.5. The van der Waals surface area contributed by atoms with Gasteiger partial charge in [-0.2, -0.15) is 0 Å². The van der Waals surface area contributed by atoms with Gasteiger partial charge in [-0.3, -0.25) is 0 Å². The Hall–Kier alpha value is -0.420. The highest BCUT2D eigenvalue weighted by Crippen LogP contribution is 2.70. The molecule has 0 aromatic carbocycles. The number of nitrogens with two attached hydrogens (primary N) is 1. The lowest BCUT2D eigenvalue weighted by atomic mass is 9.47. The van der Waals surface area contributed by atoms with E-state index in [0.29, 0.717) is 30.7 Å². The van der Waals surface area contributed by atoms with Crippen LogP contribution in [0, 0.1) is 46.3 Å². The molecule has 1 heterocycles. The van der Waals surface area contributed by atoms with Crippen molar-refractivity contribution in [3.05, 3.63) is 11.6 Å². The van der Waals surface area contributed by atoms with Crippen molar-refractivity contribution in [2.24, 2.45) is 52.1 Å². The fourth-order valence-electron chi connectivity index (χ4n) is 9.19. The van der Waals surface area contributed by atoms with E-state index in [1.54, 1.807) is 5.57 Å². The van der Waals surface area contributed by atoms with Gasteiger partial charge in [0, 0.05) is 12.3 Å². The average molecular weight is 432 g/mol. The second-order valence-electron chi connectivity index (χ2n) is 12.6. The molecule has 0 aromatic rings. The molecule has 1 aliphatic heterocycles. The molecule has 11 atom stereocenters. The van der Waals surface area contributed by atoms with Crippen LogP contribution in [0.15, 0.2) is 11.6 Å². The Morgan fingerprint density at radius 2 is 2.00 bits per heavy atom. The predicted octanol–water partition coefficient (Wildman–Crippen LogP) is 4.63. The summed E-state index contributed by atoms with van der Waals surface area (Å²) < 4.78 is 6.53. The van der Waals surface area contributed by atoms with Crippen molar-refractivity contribution in [1.82, 2.24) is 0 Å². The number of hydrogen-bond donors (Lipinski definition) is 3. The van der Waals surface area contributed by atoms with Crippen molar-refractivity contribution < 1.29 is 14.9 Å². The van der Waals surface area contributed by atoms with Crippen molar-refractivity contribution >= 4 is 0 Å². The third kappa shape index (κ3) is 3.22. The highest BCUT2D eigenvalue weighted by molar-refractivity contribution is 5.26. The molecule has 31 heavy (non-hydrogen) atoms. The smallest absolute Gasteiger partial charge is 0.168 e. The van der Waals surface area contributed by atoms with E-state index in [9.17, 15) is 10.2 Å². The number of aliphatic hydroxyl groups excluding tert-OH is 1. The molecule has 0 radical (unpaired) electrons. The van der Waals surface area contributed by atoms with Gasteiger partial charge in [0.25, 0.3) is 0 Å². The zero-order valence-corrected chi connectivity index (χ0v) is 20.1. The Morgan fingerprint density at radius 3 is 2.74 bits per heavy atom. The monoisotopic (exact) mass is 431 g/mol. The number of fused-ring (bicyclic) bond motifs is 7. The SMILES string of the molecule is CC(CN)CCC1(O)O[C@H]2CC3[C@@H]4CC=C5C[C@@H](O)CC[C@]5(C)[C@H]4CC[C@]3(C)C2C1C. The molecule has 0 spiro atoms. The van der Waals surface area contributed by atoms with Crippen LogP contribution in [0.3, 0.4) is 0 Å². The van der Waals surface area contributed by atoms with Gasteiger partial charge < -0.3 is 20.7 Å². The number of ether oxygens (including phenoxy) is 1. The van der Waals surface area contributed by atoms with E-state index < -0.39 is 5.79 Å². The minimum absolute atomic E-state index is 0.135. The van der Waals surface area contributed by atoms with Gasteiger partial charge in [0.1, 0.15) is 0 Å². The third-order valence-electron chi connectivity index (χ3n) is 11.2. The second kappa shape index (κ2) is 7.55. The van der Waals surface area contributed by atoms with Crippen LogP contribution in [-0.2, 0) is 4.74 Å². The summed E-state index contributed by atoms with van der Waals surface area (Å²) >= 11 is 0. The van der Waals surface area contributed by atoms with Gasteiger partial charge in [-0.1, -0.05) is 39.3 Å². The molecule has 4 aliphatic carbocycles. The van der Waals surface area contributed by atoms with Crippen molar-refractivity contribution in [2.45, 2.75) is 103 Å². The quantitative estimate of drug-likeness (QED) is 0.567.